The summed E-state index contributed by atoms with van der Waals surface area (Å²) in [6, 6.07) is 0. The van der Waals surface area contributed by atoms with Gasteiger partial charge in [0.25, 0.3) is 0 Å². The van der Waals surface area contributed by atoms with Gasteiger partial charge in [0.2, 0.25) is 0 Å². The van der Waals surface area contributed by atoms with Crippen LogP contribution in [0.1, 0.15) is 316 Å². The van der Waals surface area contributed by atoms with Crippen molar-refractivity contribution in [1.29, 1.82) is 0 Å². The Balaban J connectivity index is 3.16. The first kappa shape index (κ1) is 54.4. The van der Waals surface area contributed by atoms with E-state index in [-0.39, 0.29) is 12.1 Å². The van der Waals surface area contributed by atoms with Crippen LogP contribution in [-0.2, 0) is 9.53 Å². The van der Waals surface area contributed by atoms with Gasteiger partial charge in [-0.1, -0.05) is 284 Å². The quantitative estimate of drug-likeness (QED) is 0.0494. The first-order valence-corrected chi connectivity index (χ1v) is 26.0. The van der Waals surface area contributed by atoms with Crippen molar-refractivity contribution < 1.29 is 14.6 Å². The minimum atomic E-state index is -0.0796. The molecule has 0 aliphatic rings. The van der Waals surface area contributed by atoms with E-state index in [1.165, 1.54) is 263 Å². The van der Waals surface area contributed by atoms with Crippen molar-refractivity contribution in [3.8, 4) is 0 Å². The van der Waals surface area contributed by atoms with E-state index in [4.69, 9.17) is 4.74 Å². The van der Waals surface area contributed by atoms with E-state index < -0.39 is 0 Å². The van der Waals surface area contributed by atoms with Gasteiger partial charge in [-0.3, -0.25) is 4.79 Å². The molecule has 0 radical (unpaired) electrons. The lowest BCUT2D eigenvalue weighted by atomic mass is 10.0. The summed E-state index contributed by atoms with van der Waals surface area (Å²) in [5, 5.41) is 10.1. The maximum atomic E-state index is 12.0. The summed E-state index contributed by atoms with van der Waals surface area (Å²) in [7, 11) is 0. The highest BCUT2D eigenvalue weighted by Crippen LogP contribution is 2.18. The van der Waals surface area contributed by atoms with E-state index >= 15 is 0 Å². The number of aliphatic hydroxyl groups is 1. The smallest absolute Gasteiger partial charge is 0.305 e. The minimum Gasteiger partial charge on any atom is -0.466 e. The molecule has 0 aliphatic carbocycles. The van der Waals surface area contributed by atoms with Gasteiger partial charge in [-0.2, -0.15) is 0 Å². The van der Waals surface area contributed by atoms with Crippen LogP contribution in [0, 0.1) is 0 Å². The predicted octanol–water partition coefficient (Wildman–Crippen LogP) is 18.3. The molecule has 0 saturated heterocycles. The highest BCUT2D eigenvalue weighted by Gasteiger charge is 2.05. The van der Waals surface area contributed by atoms with Gasteiger partial charge in [-0.25, -0.2) is 0 Å². The fourth-order valence-corrected chi connectivity index (χ4v) is 8.40. The number of carbonyl (C=O) groups excluding carboxylic acids is 1. The van der Waals surface area contributed by atoms with E-state index in [2.05, 4.69) is 13.8 Å². The summed E-state index contributed by atoms with van der Waals surface area (Å²) in [6.45, 7) is 5.16. The van der Waals surface area contributed by atoms with Crippen molar-refractivity contribution >= 4 is 5.97 Å². The highest BCUT2D eigenvalue weighted by atomic mass is 16.5. The second-order valence-corrected chi connectivity index (χ2v) is 18.1. The van der Waals surface area contributed by atoms with E-state index in [0.717, 1.165) is 32.1 Å². The summed E-state index contributed by atoms with van der Waals surface area (Å²) in [4.78, 5) is 12.0. The molecule has 1 unspecified atom stereocenters. The van der Waals surface area contributed by atoms with Gasteiger partial charge >= 0.3 is 5.97 Å². The van der Waals surface area contributed by atoms with E-state index in [1.54, 1.807) is 0 Å². The maximum absolute atomic E-state index is 12.0. The molecule has 0 spiro atoms. The Kier molecular flexibility index (Phi) is 49.1. The lowest BCUT2D eigenvalue weighted by Gasteiger charge is -2.10. The molecule has 0 aliphatic heterocycles. The molecule has 0 heterocycles. The number of carbonyl (C=O) groups is 1. The number of aliphatic hydroxyl groups excluding tert-OH is 1. The fraction of sp³-hybridized carbons (Fsp3) is 0.981. The molecule has 0 aromatic heterocycles. The average Bonchev–Trinajstić information content (AvgIpc) is 3.19. The Morgan fingerprint density at radius 2 is 0.545 bits per heavy atom. The number of ether oxygens (including phenoxy) is 1. The van der Waals surface area contributed by atoms with Crippen LogP contribution in [-0.4, -0.2) is 23.8 Å². The van der Waals surface area contributed by atoms with Gasteiger partial charge in [-0.05, 0) is 25.7 Å². The Bertz CT molecular complexity index is 692. The SMILES string of the molecule is CCCCCCCCCCCCCCCCCCCCCCCCCCCCCCCCCCOC(=O)CCCCCCCCCCC(O)CCCCCC. The van der Waals surface area contributed by atoms with Gasteiger partial charge in [0.1, 0.15) is 0 Å². The van der Waals surface area contributed by atoms with Crippen LogP contribution in [0.5, 0.6) is 0 Å². The zero-order chi connectivity index (χ0) is 39.8. The summed E-state index contributed by atoms with van der Waals surface area (Å²) >= 11 is 0. The van der Waals surface area contributed by atoms with Crippen molar-refractivity contribution in [3.63, 3.8) is 0 Å². The Hall–Kier alpha value is -0.570. The van der Waals surface area contributed by atoms with Crippen LogP contribution in [0.2, 0.25) is 0 Å². The lowest BCUT2D eigenvalue weighted by Crippen LogP contribution is -2.06. The fourth-order valence-electron chi connectivity index (χ4n) is 8.40. The molecular weight excluding hydrogens is 673 g/mol. The highest BCUT2D eigenvalue weighted by molar-refractivity contribution is 5.69. The molecule has 55 heavy (non-hydrogen) atoms. The molecule has 0 aromatic carbocycles. The zero-order valence-electron chi connectivity index (χ0n) is 38.3. The Morgan fingerprint density at radius 1 is 0.327 bits per heavy atom. The molecule has 3 nitrogen and oxygen atoms in total. The number of hydrogen-bond acceptors (Lipinski definition) is 3. The first-order chi connectivity index (χ1) is 27.2. The third-order valence-electron chi connectivity index (χ3n) is 12.3. The number of rotatable bonds is 49. The van der Waals surface area contributed by atoms with Crippen molar-refractivity contribution in [2.45, 2.75) is 322 Å². The van der Waals surface area contributed by atoms with Crippen LogP contribution in [0.25, 0.3) is 0 Å². The number of unbranched alkanes of at least 4 members (excludes halogenated alkanes) is 41. The molecule has 1 atom stereocenters. The van der Waals surface area contributed by atoms with Gasteiger partial charge in [-0.15, -0.1) is 0 Å². The van der Waals surface area contributed by atoms with Crippen molar-refractivity contribution in [2.24, 2.45) is 0 Å². The molecular formula is C52H104O3. The van der Waals surface area contributed by atoms with Crippen molar-refractivity contribution in [3.05, 3.63) is 0 Å². The van der Waals surface area contributed by atoms with Crippen LogP contribution in [0.15, 0.2) is 0 Å². The summed E-state index contributed by atoms with van der Waals surface area (Å²) in [5.41, 5.74) is 0. The number of esters is 1. The molecule has 3 heteroatoms. The molecule has 0 amide bonds. The topological polar surface area (TPSA) is 46.5 Å². The molecule has 330 valence electrons. The summed E-state index contributed by atoms with van der Waals surface area (Å²) in [5.74, 6) is 0.00833. The Labute approximate surface area is 347 Å². The predicted molar refractivity (Wildman–Crippen MR) is 245 cm³/mol. The molecule has 0 bridgehead atoms. The third-order valence-corrected chi connectivity index (χ3v) is 12.3. The Morgan fingerprint density at radius 3 is 0.836 bits per heavy atom. The van der Waals surface area contributed by atoms with E-state index in [9.17, 15) is 9.90 Å². The molecule has 1 N–H and O–H groups in total. The van der Waals surface area contributed by atoms with Crippen LogP contribution in [0.4, 0.5) is 0 Å². The van der Waals surface area contributed by atoms with Crippen LogP contribution >= 0.6 is 0 Å². The standard InChI is InChI=1S/C52H104O3/c1-3-5-7-9-10-11-12-13-14-15-16-17-18-19-20-21-22-23-24-25-26-27-28-29-30-31-32-33-36-39-42-46-50-55-52(54)49-45-41-38-35-34-37-40-44-48-51(53)47-43-8-6-4-2/h51,53H,3-50H2,1-2H3. The molecule has 0 rings (SSSR count). The normalized spacial score (nSPS) is 12.1. The van der Waals surface area contributed by atoms with Gasteiger partial charge in [0, 0.05) is 6.42 Å². The monoisotopic (exact) mass is 777 g/mol. The minimum absolute atomic E-state index is 0.00833. The lowest BCUT2D eigenvalue weighted by molar-refractivity contribution is -0.143. The van der Waals surface area contributed by atoms with Crippen molar-refractivity contribution in [1.82, 2.24) is 0 Å². The third kappa shape index (κ3) is 49.5. The number of hydrogen-bond donors (Lipinski definition) is 1. The van der Waals surface area contributed by atoms with Gasteiger partial charge in [0.15, 0.2) is 0 Å². The van der Waals surface area contributed by atoms with Crippen LogP contribution in [0.3, 0.4) is 0 Å². The van der Waals surface area contributed by atoms with Gasteiger partial charge in [0.05, 0.1) is 12.7 Å². The zero-order valence-corrected chi connectivity index (χ0v) is 38.3. The second-order valence-electron chi connectivity index (χ2n) is 18.1. The molecule has 0 fully saturated rings. The average molecular weight is 777 g/mol. The second kappa shape index (κ2) is 49.6. The summed E-state index contributed by atoms with van der Waals surface area (Å²) in [6.07, 6.45) is 62.8. The largest absolute Gasteiger partial charge is 0.466 e. The summed E-state index contributed by atoms with van der Waals surface area (Å²) < 4.78 is 5.48. The van der Waals surface area contributed by atoms with E-state index in [0.29, 0.717) is 13.0 Å². The molecule has 0 aromatic rings. The molecule has 0 saturated carbocycles. The maximum Gasteiger partial charge on any atom is 0.305 e. The van der Waals surface area contributed by atoms with E-state index in [1.807, 2.05) is 0 Å². The van der Waals surface area contributed by atoms with Gasteiger partial charge < -0.3 is 9.84 Å². The van der Waals surface area contributed by atoms with Crippen LogP contribution < -0.4 is 0 Å². The first-order valence-electron chi connectivity index (χ1n) is 26.0. The van der Waals surface area contributed by atoms with Crippen molar-refractivity contribution in [2.75, 3.05) is 6.61 Å².